The van der Waals surface area contributed by atoms with Gasteiger partial charge in [-0.3, -0.25) is 25.2 Å². The first-order valence-corrected chi connectivity index (χ1v) is 12.5. The Morgan fingerprint density at radius 3 is 2.24 bits per heavy atom. The van der Waals surface area contributed by atoms with E-state index in [4.69, 9.17) is 4.74 Å². The van der Waals surface area contributed by atoms with Crippen molar-refractivity contribution in [2.24, 2.45) is 0 Å². The predicted molar refractivity (Wildman–Crippen MR) is 141 cm³/mol. The number of hydrogen-bond donors (Lipinski definition) is 3. The Labute approximate surface area is 220 Å². The van der Waals surface area contributed by atoms with Crippen LogP contribution in [0.3, 0.4) is 0 Å². The largest absolute Gasteiger partial charge is 0.449 e. The number of nitrogens with one attached hydrogen (secondary N) is 3. The molecular formula is C29H27N4O5. The van der Waals surface area contributed by atoms with Crippen LogP contribution in [0.1, 0.15) is 35.4 Å². The van der Waals surface area contributed by atoms with Crippen molar-refractivity contribution in [3.05, 3.63) is 89.5 Å². The van der Waals surface area contributed by atoms with Crippen LogP contribution in [0.25, 0.3) is 11.1 Å². The number of benzene rings is 3. The van der Waals surface area contributed by atoms with Gasteiger partial charge in [-0.1, -0.05) is 48.5 Å². The second kappa shape index (κ2) is 11.2. The van der Waals surface area contributed by atoms with E-state index in [0.29, 0.717) is 30.6 Å². The van der Waals surface area contributed by atoms with Gasteiger partial charge in [0.2, 0.25) is 12.2 Å². The van der Waals surface area contributed by atoms with Crippen LogP contribution < -0.4 is 16.2 Å². The smallest absolute Gasteiger partial charge is 0.407 e. The van der Waals surface area contributed by atoms with Crippen molar-refractivity contribution in [2.45, 2.75) is 24.8 Å². The molecule has 0 bridgehead atoms. The number of ether oxygens (including phenoxy) is 1. The molecule has 1 fully saturated rings. The lowest BCUT2D eigenvalue weighted by Crippen LogP contribution is -2.50. The maximum atomic E-state index is 12.8. The van der Waals surface area contributed by atoms with Crippen molar-refractivity contribution in [3.63, 3.8) is 0 Å². The average Bonchev–Trinajstić information content (AvgIpc) is 3.57. The summed E-state index contributed by atoms with van der Waals surface area (Å²) < 4.78 is 5.50. The van der Waals surface area contributed by atoms with Gasteiger partial charge < -0.3 is 15.0 Å². The first-order valence-electron chi connectivity index (χ1n) is 12.5. The van der Waals surface area contributed by atoms with Crippen molar-refractivity contribution in [3.8, 4) is 11.1 Å². The fourth-order valence-electron chi connectivity index (χ4n) is 5.08. The van der Waals surface area contributed by atoms with Crippen molar-refractivity contribution < 1.29 is 23.9 Å². The van der Waals surface area contributed by atoms with Crippen LogP contribution in [0.4, 0.5) is 10.5 Å². The first-order chi connectivity index (χ1) is 18.5. The molecule has 1 aliphatic carbocycles. The lowest BCUT2D eigenvalue weighted by molar-refractivity contribution is -0.137. The fourth-order valence-corrected chi connectivity index (χ4v) is 5.08. The number of alkyl carbamates (subject to hydrolysis) is 1. The minimum atomic E-state index is -0.682. The van der Waals surface area contributed by atoms with Gasteiger partial charge in [-0.15, -0.1) is 0 Å². The summed E-state index contributed by atoms with van der Waals surface area (Å²) in [7, 11) is 0. The molecule has 9 heteroatoms. The number of hydrazine groups is 1. The minimum Gasteiger partial charge on any atom is -0.449 e. The van der Waals surface area contributed by atoms with Gasteiger partial charge in [0.15, 0.2) is 0 Å². The van der Waals surface area contributed by atoms with Crippen molar-refractivity contribution >= 4 is 29.9 Å². The Morgan fingerprint density at radius 1 is 0.921 bits per heavy atom. The molecule has 3 aromatic rings. The summed E-state index contributed by atoms with van der Waals surface area (Å²) in [6.45, 7) is 0.311. The highest BCUT2D eigenvalue weighted by atomic mass is 16.5. The SMILES string of the molecule is O=[C]c1ccc(NNC(=O)[C@@H]2CCCN2C(=O)CNC(=O)OCC2c3ccccc3-c3ccccc32)cc1. The Bertz CT molecular complexity index is 1310. The Balaban J connectivity index is 1.11. The summed E-state index contributed by atoms with van der Waals surface area (Å²) in [6, 6.07) is 21.9. The zero-order valence-corrected chi connectivity index (χ0v) is 20.6. The normalized spacial score (nSPS) is 15.8. The third-order valence-corrected chi connectivity index (χ3v) is 6.94. The first kappa shape index (κ1) is 25.0. The molecule has 1 radical (unpaired) electrons. The summed E-state index contributed by atoms with van der Waals surface area (Å²) in [6.07, 6.45) is 2.30. The van der Waals surface area contributed by atoms with E-state index in [0.717, 1.165) is 22.3 Å². The lowest BCUT2D eigenvalue weighted by atomic mass is 9.98. The van der Waals surface area contributed by atoms with E-state index < -0.39 is 12.1 Å². The standard InChI is InChI=1S/C29H27N4O5/c34-17-19-11-13-20(14-12-19)31-32-28(36)26-10-5-15-33(26)27(35)16-30-29(37)38-18-25-23-8-3-1-6-21(23)22-7-2-4-9-24(22)25/h1-4,6-9,11-14,25-26,31H,5,10,15-16,18H2,(H,30,37)(H,32,36)/t26-/m0/s1. The molecule has 1 aliphatic heterocycles. The number of nitrogens with zero attached hydrogens (tertiary/aromatic N) is 1. The van der Waals surface area contributed by atoms with Crippen LogP contribution >= 0.6 is 0 Å². The quantitative estimate of drug-likeness (QED) is 0.400. The van der Waals surface area contributed by atoms with Crippen LogP contribution in [-0.2, 0) is 19.1 Å². The molecule has 9 nitrogen and oxygen atoms in total. The van der Waals surface area contributed by atoms with Crippen LogP contribution in [0, 0.1) is 0 Å². The minimum absolute atomic E-state index is 0.0734. The molecule has 38 heavy (non-hydrogen) atoms. The molecular weight excluding hydrogens is 484 g/mol. The van der Waals surface area contributed by atoms with E-state index in [1.54, 1.807) is 30.6 Å². The summed E-state index contributed by atoms with van der Waals surface area (Å²) in [5.74, 6) is -0.791. The zero-order chi connectivity index (χ0) is 26.5. The van der Waals surface area contributed by atoms with E-state index >= 15 is 0 Å². The molecule has 0 spiro atoms. The van der Waals surface area contributed by atoms with Gasteiger partial charge >= 0.3 is 6.09 Å². The van der Waals surface area contributed by atoms with Crippen molar-refractivity contribution in [2.75, 3.05) is 25.1 Å². The lowest BCUT2D eigenvalue weighted by Gasteiger charge is -2.24. The van der Waals surface area contributed by atoms with Gasteiger partial charge in [-0.2, -0.15) is 0 Å². The van der Waals surface area contributed by atoms with Gasteiger partial charge in [0.1, 0.15) is 19.2 Å². The number of rotatable bonds is 8. The highest BCUT2D eigenvalue weighted by molar-refractivity contribution is 5.90. The topological polar surface area (TPSA) is 117 Å². The fraction of sp³-hybridized carbons (Fsp3) is 0.241. The summed E-state index contributed by atoms with van der Waals surface area (Å²) in [5, 5.41) is 2.53. The number of amides is 3. The maximum absolute atomic E-state index is 12.8. The van der Waals surface area contributed by atoms with Gasteiger partial charge in [-0.05, 0) is 59.4 Å². The number of fused-ring (bicyclic) bond motifs is 3. The van der Waals surface area contributed by atoms with E-state index in [9.17, 15) is 19.2 Å². The van der Waals surface area contributed by atoms with Crippen LogP contribution in [0.5, 0.6) is 0 Å². The van der Waals surface area contributed by atoms with Gasteiger partial charge in [0, 0.05) is 18.0 Å². The van der Waals surface area contributed by atoms with Crippen LogP contribution in [0.15, 0.2) is 72.8 Å². The Morgan fingerprint density at radius 2 is 1.58 bits per heavy atom. The summed E-state index contributed by atoms with van der Waals surface area (Å²) >= 11 is 0. The second-order valence-electron chi connectivity index (χ2n) is 9.22. The third-order valence-electron chi connectivity index (χ3n) is 6.94. The molecule has 3 amide bonds. The van der Waals surface area contributed by atoms with Gasteiger partial charge in [0.05, 0.1) is 5.69 Å². The molecule has 1 atom stereocenters. The van der Waals surface area contributed by atoms with E-state index in [1.165, 1.54) is 4.90 Å². The number of anilines is 1. The third kappa shape index (κ3) is 5.22. The molecule has 0 saturated carbocycles. The number of likely N-dealkylation sites (tertiary alicyclic amines) is 1. The number of carbonyl (C=O) groups excluding carboxylic acids is 4. The van der Waals surface area contributed by atoms with E-state index in [1.807, 2.05) is 36.4 Å². The molecule has 2 aliphatic rings. The zero-order valence-electron chi connectivity index (χ0n) is 20.6. The molecule has 5 rings (SSSR count). The van der Waals surface area contributed by atoms with E-state index in [2.05, 4.69) is 28.3 Å². The molecule has 3 N–H and O–H groups in total. The Kier molecular flexibility index (Phi) is 7.35. The summed E-state index contributed by atoms with van der Waals surface area (Å²) in [4.78, 5) is 50.1. The molecule has 1 heterocycles. The maximum Gasteiger partial charge on any atom is 0.407 e. The van der Waals surface area contributed by atoms with Crippen molar-refractivity contribution in [1.29, 1.82) is 0 Å². The molecule has 0 unspecified atom stereocenters. The van der Waals surface area contributed by atoms with Crippen LogP contribution in [-0.4, -0.2) is 54.8 Å². The number of hydrogen-bond acceptors (Lipinski definition) is 6. The average molecular weight is 512 g/mol. The van der Waals surface area contributed by atoms with Crippen molar-refractivity contribution in [1.82, 2.24) is 15.6 Å². The number of carbonyl (C=O) groups is 3. The predicted octanol–water partition coefficient (Wildman–Crippen LogP) is 3.12. The van der Waals surface area contributed by atoms with E-state index in [-0.39, 0.29) is 30.9 Å². The van der Waals surface area contributed by atoms with Gasteiger partial charge in [0.25, 0.3) is 5.91 Å². The second-order valence-corrected chi connectivity index (χ2v) is 9.22. The van der Waals surface area contributed by atoms with Gasteiger partial charge in [-0.25, -0.2) is 4.79 Å². The molecule has 3 aromatic carbocycles. The summed E-state index contributed by atoms with van der Waals surface area (Å²) in [5.41, 5.74) is 10.9. The monoisotopic (exact) mass is 511 g/mol. The van der Waals surface area contributed by atoms with Crippen LogP contribution in [0.2, 0.25) is 0 Å². The molecule has 193 valence electrons. The molecule has 0 aromatic heterocycles. The highest BCUT2D eigenvalue weighted by Crippen LogP contribution is 2.44. The Hall–Kier alpha value is -4.66. The molecule has 1 saturated heterocycles. The highest BCUT2D eigenvalue weighted by Gasteiger charge is 2.34.